The van der Waals surface area contributed by atoms with Crippen molar-refractivity contribution >= 4 is 29.1 Å². The van der Waals surface area contributed by atoms with Crippen LogP contribution < -0.4 is 10.6 Å². The average Bonchev–Trinajstić information content (AvgIpc) is 3.01. The molecule has 0 spiro atoms. The van der Waals surface area contributed by atoms with Crippen LogP contribution in [0.15, 0.2) is 40.6 Å². The molecule has 1 aliphatic heterocycles. The van der Waals surface area contributed by atoms with Gasteiger partial charge in [0, 0.05) is 22.1 Å². The third kappa shape index (κ3) is 3.81. The van der Waals surface area contributed by atoms with Gasteiger partial charge in [0.2, 0.25) is 0 Å². The van der Waals surface area contributed by atoms with Crippen molar-refractivity contribution in [1.82, 2.24) is 10.6 Å². The van der Waals surface area contributed by atoms with E-state index in [0.29, 0.717) is 6.54 Å². The van der Waals surface area contributed by atoms with Gasteiger partial charge in [0.1, 0.15) is 5.82 Å². The highest BCUT2D eigenvalue weighted by atomic mass is 32.2. The summed E-state index contributed by atoms with van der Waals surface area (Å²) in [5.41, 5.74) is 0.879. The Kier molecular flexibility index (Phi) is 5.00. The second kappa shape index (κ2) is 7.15. The highest BCUT2D eigenvalue weighted by molar-refractivity contribution is 7.99. The molecular formula is C16H17FN2OS2. The molecule has 1 aliphatic rings. The predicted octanol–water partition coefficient (Wildman–Crippen LogP) is 3.97. The van der Waals surface area contributed by atoms with E-state index >= 15 is 0 Å². The number of fused-ring (bicyclic) bond motifs is 1. The van der Waals surface area contributed by atoms with Crippen LogP contribution in [0.25, 0.3) is 0 Å². The van der Waals surface area contributed by atoms with E-state index in [1.165, 1.54) is 17.0 Å². The van der Waals surface area contributed by atoms with E-state index in [2.05, 4.69) is 16.7 Å². The predicted molar refractivity (Wildman–Crippen MR) is 89.0 cm³/mol. The van der Waals surface area contributed by atoms with Crippen LogP contribution in [-0.4, -0.2) is 18.3 Å². The van der Waals surface area contributed by atoms with Crippen molar-refractivity contribution in [3.63, 3.8) is 0 Å². The van der Waals surface area contributed by atoms with Gasteiger partial charge < -0.3 is 10.6 Å². The highest BCUT2D eigenvalue weighted by Crippen LogP contribution is 2.36. The van der Waals surface area contributed by atoms with Crippen LogP contribution in [0.3, 0.4) is 0 Å². The molecule has 0 bridgehead atoms. The number of amides is 2. The Morgan fingerprint density at radius 1 is 1.36 bits per heavy atom. The molecule has 0 radical (unpaired) electrons. The number of urea groups is 1. The number of carbonyl (C=O) groups is 1. The standard InChI is InChI=1S/C16H17FN2OS2/c17-11-3-4-15-13(10-11)14(6-9-22-15)19-16(20)18-7-5-12-2-1-8-21-12/h1-4,8,10,14H,5-7,9H2,(H2,18,19,20). The van der Waals surface area contributed by atoms with Gasteiger partial charge in [-0.3, -0.25) is 0 Å². The van der Waals surface area contributed by atoms with Gasteiger partial charge in [-0.1, -0.05) is 6.07 Å². The van der Waals surface area contributed by atoms with Crippen molar-refractivity contribution in [2.24, 2.45) is 0 Å². The number of hydrogen-bond acceptors (Lipinski definition) is 3. The monoisotopic (exact) mass is 336 g/mol. The number of rotatable bonds is 4. The average molecular weight is 336 g/mol. The summed E-state index contributed by atoms with van der Waals surface area (Å²) >= 11 is 3.39. The molecule has 3 nitrogen and oxygen atoms in total. The molecule has 22 heavy (non-hydrogen) atoms. The van der Waals surface area contributed by atoms with Crippen molar-refractivity contribution < 1.29 is 9.18 Å². The van der Waals surface area contributed by atoms with Crippen molar-refractivity contribution in [3.8, 4) is 0 Å². The Bertz CT molecular complexity index is 646. The molecule has 0 saturated carbocycles. The van der Waals surface area contributed by atoms with Gasteiger partial charge >= 0.3 is 6.03 Å². The second-order valence-corrected chi connectivity index (χ2v) is 7.27. The summed E-state index contributed by atoms with van der Waals surface area (Å²) in [6.45, 7) is 0.601. The number of hydrogen-bond donors (Lipinski definition) is 2. The number of thioether (sulfide) groups is 1. The fraction of sp³-hybridized carbons (Fsp3) is 0.312. The molecule has 2 amide bonds. The largest absolute Gasteiger partial charge is 0.338 e. The lowest BCUT2D eigenvalue weighted by Crippen LogP contribution is -2.39. The van der Waals surface area contributed by atoms with E-state index in [0.717, 1.165) is 29.1 Å². The number of halogens is 1. The van der Waals surface area contributed by atoms with Crippen LogP contribution in [0, 0.1) is 5.82 Å². The van der Waals surface area contributed by atoms with E-state index in [1.807, 2.05) is 11.4 Å². The third-order valence-corrected chi connectivity index (χ3v) is 5.61. The molecule has 0 fully saturated rings. The normalized spacial score (nSPS) is 16.9. The molecule has 1 aromatic heterocycles. The number of carbonyl (C=O) groups excluding carboxylic acids is 1. The van der Waals surface area contributed by atoms with Gasteiger partial charge in [0.15, 0.2) is 0 Å². The van der Waals surface area contributed by atoms with Crippen molar-refractivity contribution in [2.45, 2.75) is 23.8 Å². The lowest BCUT2D eigenvalue weighted by atomic mass is 10.0. The summed E-state index contributed by atoms with van der Waals surface area (Å²) in [5, 5.41) is 7.85. The third-order valence-electron chi connectivity index (χ3n) is 3.55. The first-order chi connectivity index (χ1) is 10.7. The van der Waals surface area contributed by atoms with E-state index in [9.17, 15) is 9.18 Å². The Morgan fingerprint density at radius 2 is 2.27 bits per heavy atom. The Morgan fingerprint density at radius 3 is 3.09 bits per heavy atom. The fourth-order valence-corrected chi connectivity index (χ4v) is 4.29. The van der Waals surface area contributed by atoms with Gasteiger partial charge in [0.25, 0.3) is 0 Å². The fourth-order valence-electron chi connectivity index (χ4n) is 2.48. The Hall–Kier alpha value is -1.53. The molecule has 0 saturated heterocycles. The first-order valence-corrected chi connectivity index (χ1v) is 9.08. The summed E-state index contributed by atoms with van der Waals surface area (Å²) in [7, 11) is 0. The van der Waals surface area contributed by atoms with E-state index in [4.69, 9.17) is 0 Å². The second-order valence-electron chi connectivity index (χ2n) is 5.10. The maximum absolute atomic E-state index is 13.4. The van der Waals surface area contributed by atoms with Crippen LogP contribution >= 0.6 is 23.1 Å². The molecule has 2 N–H and O–H groups in total. The molecule has 2 heterocycles. The van der Waals surface area contributed by atoms with Gasteiger partial charge in [-0.15, -0.1) is 23.1 Å². The summed E-state index contributed by atoms with van der Waals surface area (Å²) in [4.78, 5) is 14.3. The van der Waals surface area contributed by atoms with E-state index in [1.54, 1.807) is 29.2 Å². The van der Waals surface area contributed by atoms with Crippen molar-refractivity contribution in [1.29, 1.82) is 0 Å². The quantitative estimate of drug-likeness (QED) is 0.887. The zero-order valence-electron chi connectivity index (χ0n) is 12.0. The molecule has 6 heteroatoms. The molecule has 3 rings (SSSR count). The zero-order chi connectivity index (χ0) is 15.4. The number of nitrogens with one attached hydrogen (secondary N) is 2. The number of thiophene rings is 1. The maximum Gasteiger partial charge on any atom is 0.315 e. The van der Waals surface area contributed by atoms with Crippen LogP contribution in [-0.2, 0) is 6.42 Å². The molecule has 2 aromatic rings. The van der Waals surface area contributed by atoms with E-state index in [-0.39, 0.29) is 17.9 Å². The Labute approximate surface area is 137 Å². The molecular weight excluding hydrogens is 319 g/mol. The van der Waals surface area contributed by atoms with Crippen LogP contribution in [0.5, 0.6) is 0 Å². The van der Waals surface area contributed by atoms with E-state index < -0.39 is 0 Å². The molecule has 0 aliphatic carbocycles. The van der Waals surface area contributed by atoms with Crippen LogP contribution in [0.1, 0.15) is 22.9 Å². The van der Waals surface area contributed by atoms with Gasteiger partial charge in [-0.05, 0) is 48.1 Å². The minimum absolute atomic E-state index is 0.117. The van der Waals surface area contributed by atoms with Crippen LogP contribution in [0.4, 0.5) is 9.18 Å². The summed E-state index contributed by atoms with van der Waals surface area (Å²) < 4.78 is 13.4. The zero-order valence-corrected chi connectivity index (χ0v) is 13.6. The van der Waals surface area contributed by atoms with Crippen molar-refractivity contribution in [3.05, 3.63) is 52.0 Å². The summed E-state index contributed by atoms with van der Waals surface area (Å²) in [5.74, 6) is 0.671. The van der Waals surface area contributed by atoms with Crippen LogP contribution in [0.2, 0.25) is 0 Å². The molecule has 1 aromatic carbocycles. The molecule has 116 valence electrons. The minimum Gasteiger partial charge on any atom is -0.338 e. The molecule has 1 unspecified atom stereocenters. The topological polar surface area (TPSA) is 41.1 Å². The number of benzene rings is 1. The SMILES string of the molecule is O=C(NCCc1cccs1)NC1CCSc2ccc(F)cc21. The first kappa shape index (κ1) is 15.4. The summed E-state index contributed by atoms with van der Waals surface area (Å²) in [6.07, 6.45) is 1.65. The highest BCUT2D eigenvalue weighted by Gasteiger charge is 2.22. The summed E-state index contributed by atoms with van der Waals surface area (Å²) in [6, 6.07) is 8.54. The van der Waals surface area contributed by atoms with Gasteiger partial charge in [0.05, 0.1) is 6.04 Å². The smallest absolute Gasteiger partial charge is 0.315 e. The lowest BCUT2D eigenvalue weighted by Gasteiger charge is -2.26. The molecule has 1 atom stereocenters. The van der Waals surface area contributed by atoms with Crippen molar-refractivity contribution in [2.75, 3.05) is 12.3 Å². The first-order valence-electron chi connectivity index (χ1n) is 7.21. The van der Waals surface area contributed by atoms with Gasteiger partial charge in [-0.25, -0.2) is 9.18 Å². The Balaban J connectivity index is 1.55. The lowest BCUT2D eigenvalue weighted by molar-refractivity contribution is 0.236. The minimum atomic E-state index is -0.258. The maximum atomic E-state index is 13.4. The van der Waals surface area contributed by atoms with Gasteiger partial charge in [-0.2, -0.15) is 0 Å².